The molecule has 0 radical (unpaired) electrons. The number of sulfonamides is 1. The molecular formula is C14H13F3N2O4S. The fourth-order valence-electron chi connectivity index (χ4n) is 1.67. The Morgan fingerprint density at radius 3 is 2.29 bits per heavy atom. The summed E-state index contributed by atoms with van der Waals surface area (Å²) in [6.07, 6.45) is -3.23. The zero-order valence-electron chi connectivity index (χ0n) is 12.1. The van der Waals surface area contributed by atoms with Gasteiger partial charge in [-0.05, 0) is 36.4 Å². The Kier molecular flexibility index (Phi) is 5.30. The van der Waals surface area contributed by atoms with Crippen molar-refractivity contribution in [3.05, 3.63) is 48.3 Å². The van der Waals surface area contributed by atoms with Crippen LogP contribution in [0.5, 0.6) is 5.75 Å². The molecule has 130 valence electrons. The topological polar surface area (TPSA) is 88.5 Å². The van der Waals surface area contributed by atoms with Gasteiger partial charge >= 0.3 is 6.18 Å². The second-order valence-electron chi connectivity index (χ2n) is 4.68. The van der Waals surface area contributed by atoms with Crippen LogP contribution in [0.3, 0.4) is 0 Å². The van der Waals surface area contributed by atoms with Crippen molar-refractivity contribution >= 4 is 15.7 Å². The van der Waals surface area contributed by atoms with Crippen LogP contribution in [-0.2, 0) is 16.6 Å². The number of aliphatic hydroxyl groups is 1. The van der Waals surface area contributed by atoms with Crippen molar-refractivity contribution in [2.45, 2.75) is 17.7 Å². The lowest BCUT2D eigenvalue weighted by Gasteiger charge is -2.11. The molecule has 0 fully saturated rings. The van der Waals surface area contributed by atoms with Gasteiger partial charge in [0.2, 0.25) is 0 Å². The van der Waals surface area contributed by atoms with E-state index in [4.69, 9.17) is 5.11 Å². The number of pyridine rings is 1. The maximum absolute atomic E-state index is 12.2. The molecule has 10 heteroatoms. The molecule has 0 bridgehead atoms. The standard InChI is InChI=1S/C14H13F3N2O4S/c15-14(16,17)9-23-12-3-5-13(6-4-12)24(21,22)19-10-1-2-11(8-20)18-7-10/h1-7,19-20H,8-9H2. The number of alkyl halides is 3. The number of aromatic nitrogens is 1. The van der Waals surface area contributed by atoms with Gasteiger partial charge in [0.15, 0.2) is 6.61 Å². The van der Waals surface area contributed by atoms with E-state index in [1.165, 1.54) is 18.3 Å². The van der Waals surface area contributed by atoms with Crippen LogP contribution in [0, 0.1) is 0 Å². The molecule has 2 rings (SSSR count). The molecule has 1 aromatic heterocycles. The molecule has 2 N–H and O–H groups in total. The van der Waals surface area contributed by atoms with E-state index in [1.807, 2.05) is 0 Å². The summed E-state index contributed by atoms with van der Waals surface area (Å²) in [7, 11) is -3.92. The van der Waals surface area contributed by atoms with Crippen molar-refractivity contribution in [2.24, 2.45) is 0 Å². The molecule has 2 aromatic rings. The van der Waals surface area contributed by atoms with Crippen LogP contribution in [0.15, 0.2) is 47.5 Å². The lowest BCUT2D eigenvalue weighted by molar-refractivity contribution is -0.153. The summed E-state index contributed by atoms with van der Waals surface area (Å²) in [5, 5.41) is 8.88. The average molecular weight is 362 g/mol. The second-order valence-corrected chi connectivity index (χ2v) is 6.36. The van der Waals surface area contributed by atoms with E-state index in [9.17, 15) is 21.6 Å². The molecule has 0 aliphatic heterocycles. The first-order valence-electron chi connectivity index (χ1n) is 6.58. The number of hydrogen-bond acceptors (Lipinski definition) is 5. The molecule has 0 unspecified atom stereocenters. The van der Waals surface area contributed by atoms with E-state index < -0.39 is 22.8 Å². The lowest BCUT2D eigenvalue weighted by Crippen LogP contribution is -2.19. The predicted octanol–water partition coefficient (Wildman–Crippen LogP) is 2.32. The van der Waals surface area contributed by atoms with Gasteiger partial charge in [-0.15, -0.1) is 0 Å². The van der Waals surface area contributed by atoms with Crippen molar-refractivity contribution in [1.82, 2.24) is 4.98 Å². The Morgan fingerprint density at radius 2 is 1.79 bits per heavy atom. The van der Waals surface area contributed by atoms with Gasteiger partial charge in [-0.3, -0.25) is 9.71 Å². The van der Waals surface area contributed by atoms with Crippen molar-refractivity contribution in [1.29, 1.82) is 0 Å². The summed E-state index contributed by atoms with van der Waals surface area (Å²) in [4.78, 5) is 3.69. The van der Waals surface area contributed by atoms with E-state index in [2.05, 4.69) is 14.4 Å². The van der Waals surface area contributed by atoms with E-state index in [1.54, 1.807) is 0 Å². The number of benzene rings is 1. The molecule has 0 amide bonds. The highest BCUT2D eigenvalue weighted by molar-refractivity contribution is 7.92. The lowest BCUT2D eigenvalue weighted by atomic mass is 10.3. The van der Waals surface area contributed by atoms with Gasteiger partial charge in [-0.25, -0.2) is 8.42 Å². The van der Waals surface area contributed by atoms with E-state index >= 15 is 0 Å². The van der Waals surface area contributed by atoms with Crippen LogP contribution in [-0.4, -0.2) is 31.3 Å². The summed E-state index contributed by atoms with van der Waals surface area (Å²) < 4.78 is 67.3. The van der Waals surface area contributed by atoms with Gasteiger partial charge in [0.25, 0.3) is 10.0 Å². The number of ether oxygens (including phenoxy) is 1. The monoisotopic (exact) mass is 362 g/mol. The molecule has 6 nitrogen and oxygen atoms in total. The van der Waals surface area contributed by atoms with Gasteiger partial charge in [-0.1, -0.05) is 0 Å². The predicted molar refractivity (Wildman–Crippen MR) is 79.0 cm³/mol. The van der Waals surface area contributed by atoms with Crippen LogP contribution >= 0.6 is 0 Å². The minimum absolute atomic E-state index is 0.0970. The fraction of sp³-hybridized carbons (Fsp3) is 0.214. The van der Waals surface area contributed by atoms with Gasteiger partial charge in [-0.2, -0.15) is 13.2 Å². The normalized spacial score (nSPS) is 12.0. The number of rotatable bonds is 6. The van der Waals surface area contributed by atoms with Gasteiger partial charge in [0, 0.05) is 0 Å². The molecule has 0 spiro atoms. The minimum Gasteiger partial charge on any atom is -0.484 e. The Hall–Kier alpha value is -2.33. The Balaban J connectivity index is 2.08. The van der Waals surface area contributed by atoms with Crippen LogP contribution in [0.25, 0.3) is 0 Å². The summed E-state index contributed by atoms with van der Waals surface area (Å²) in [5.41, 5.74) is 0.564. The third-order valence-electron chi connectivity index (χ3n) is 2.78. The van der Waals surface area contributed by atoms with Crippen LogP contribution in [0.1, 0.15) is 5.69 Å². The minimum atomic E-state index is -4.47. The van der Waals surface area contributed by atoms with Gasteiger partial charge < -0.3 is 9.84 Å². The van der Waals surface area contributed by atoms with Crippen LogP contribution in [0.2, 0.25) is 0 Å². The summed E-state index contributed by atoms with van der Waals surface area (Å²) >= 11 is 0. The summed E-state index contributed by atoms with van der Waals surface area (Å²) in [5.74, 6) is -0.0970. The zero-order chi connectivity index (χ0) is 17.8. The van der Waals surface area contributed by atoms with Gasteiger partial charge in [0.05, 0.1) is 29.1 Å². The number of halogens is 3. The largest absolute Gasteiger partial charge is 0.484 e. The maximum atomic E-state index is 12.2. The SMILES string of the molecule is O=S(=O)(Nc1ccc(CO)nc1)c1ccc(OCC(F)(F)F)cc1. The van der Waals surface area contributed by atoms with Gasteiger partial charge in [0.1, 0.15) is 5.75 Å². The Bertz CT molecular complexity index is 775. The van der Waals surface area contributed by atoms with Crippen molar-refractivity contribution in [2.75, 3.05) is 11.3 Å². The van der Waals surface area contributed by atoms with Crippen molar-refractivity contribution in [3.63, 3.8) is 0 Å². The zero-order valence-corrected chi connectivity index (χ0v) is 12.9. The van der Waals surface area contributed by atoms with E-state index in [0.717, 1.165) is 24.3 Å². The summed E-state index contributed by atoms with van der Waals surface area (Å²) in [6.45, 7) is -1.73. The van der Waals surface area contributed by atoms with E-state index in [-0.39, 0.29) is 22.9 Å². The molecule has 1 heterocycles. The number of hydrogen-bond donors (Lipinski definition) is 2. The third kappa shape index (κ3) is 5.10. The highest BCUT2D eigenvalue weighted by atomic mass is 32.2. The first kappa shape index (κ1) is 18.0. The molecule has 0 aliphatic rings. The Labute approximate surface area is 136 Å². The molecule has 0 atom stereocenters. The molecule has 0 aliphatic carbocycles. The highest BCUT2D eigenvalue weighted by Gasteiger charge is 2.28. The number of nitrogens with zero attached hydrogens (tertiary/aromatic N) is 1. The Morgan fingerprint density at radius 1 is 1.12 bits per heavy atom. The van der Waals surface area contributed by atoms with E-state index in [0.29, 0.717) is 5.69 Å². The fourth-order valence-corrected chi connectivity index (χ4v) is 2.72. The maximum Gasteiger partial charge on any atom is 0.422 e. The number of nitrogens with one attached hydrogen (secondary N) is 1. The molecule has 24 heavy (non-hydrogen) atoms. The van der Waals surface area contributed by atoms with Crippen molar-refractivity contribution < 1.29 is 31.4 Å². The number of aliphatic hydroxyl groups excluding tert-OH is 1. The molecule has 1 aromatic carbocycles. The molecule has 0 saturated heterocycles. The molecular weight excluding hydrogens is 349 g/mol. The van der Waals surface area contributed by atoms with Crippen LogP contribution in [0.4, 0.5) is 18.9 Å². The highest BCUT2D eigenvalue weighted by Crippen LogP contribution is 2.21. The van der Waals surface area contributed by atoms with Crippen LogP contribution < -0.4 is 9.46 Å². The average Bonchev–Trinajstić information content (AvgIpc) is 2.53. The first-order valence-corrected chi connectivity index (χ1v) is 8.06. The smallest absolute Gasteiger partial charge is 0.422 e. The quantitative estimate of drug-likeness (QED) is 0.823. The second kappa shape index (κ2) is 7.05. The molecule has 0 saturated carbocycles. The third-order valence-corrected chi connectivity index (χ3v) is 4.17. The number of anilines is 1. The van der Waals surface area contributed by atoms with Crippen molar-refractivity contribution in [3.8, 4) is 5.75 Å². The summed E-state index contributed by atoms with van der Waals surface area (Å²) in [6, 6.07) is 7.40. The first-order chi connectivity index (χ1) is 11.2.